The minimum absolute atomic E-state index is 0.316. The monoisotopic (exact) mass is 235 g/mol. The van der Waals surface area contributed by atoms with Crippen molar-refractivity contribution in [1.82, 2.24) is 14.6 Å². The number of hydrogen-bond donors (Lipinski definition) is 2. The predicted molar refractivity (Wildman–Crippen MR) is 55.6 cm³/mol. The van der Waals surface area contributed by atoms with Crippen molar-refractivity contribution in [2.75, 3.05) is 0 Å². The second-order valence-electron chi connectivity index (χ2n) is 3.51. The third-order valence-electron chi connectivity index (χ3n) is 2.35. The first-order valence-electron chi connectivity index (χ1n) is 4.82. The summed E-state index contributed by atoms with van der Waals surface area (Å²) in [6.07, 6.45) is 3.88. The average Bonchev–Trinajstić information content (AvgIpc) is 2.72. The van der Waals surface area contributed by atoms with E-state index in [2.05, 4.69) is 10.1 Å². The number of hydrogen-bond acceptors (Lipinski definition) is 4. The zero-order valence-corrected chi connectivity index (χ0v) is 8.65. The number of fused-ring (bicyclic) bond motifs is 1. The molecule has 0 bridgehead atoms. The van der Waals surface area contributed by atoms with E-state index in [9.17, 15) is 9.59 Å². The van der Waals surface area contributed by atoms with E-state index in [1.54, 1.807) is 6.07 Å². The van der Waals surface area contributed by atoms with Crippen molar-refractivity contribution >= 4 is 17.6 Å². The van der Waals surface area contributed by atoms with Crippen LogP contribution >= 0.6 is 0 Å². The van der Waals surface area contributed by atoms with Crippen molar-refractivity contribution in [2.24, 2.45) is 0 Å². The molecule has 1 unspecified atom stereocenters. The molecule has 0 radical (unpaired) electrons. The van der Waals surface area contributed by atoms with E-state index in [1.807, 2.05) is 0 Å². The van der Waals surface area contributed by atoms with Crippen LogP contribution in [-0.4, -0.2) is 36.7 Å². The fraction of sp³-hybridized carbons (Fsp3) is 0.200. The van der Waals surface area contributed by atoms with Gasteiger partial charge in [-0.05, 0) is 0 Å². The Kier molecular flexibility index (Phi) is 2.73. The molecule has 0 aliphatic rings. The average molecular weight is 235 g/mol. The van der Waals surface area contributed by atoms with E-state index >= 15 is 0 Å². The van der Waals surface area contributed by atoms with Gasteiger partial charge in [0.15, 0.2) is 5.65 Å². The molecule has 2 N–H and O–H groups in total. The molecular weight excluding hydrogens is 226 g/mol. The van der Waals surface area contributed by atoms with Crippen molar-refractivity contribution in [3.8, 4) is 0 Å². The van der Waals surface area contributed by atoms with Gasteiger partial charge >= 0.3 is 11.9 Å². The molecule has 0 saturated heterocycles. The van der Waals surface area contributed by atoms with Crippen molar-refractivity contribution in [1.29, 1.82) is 0 Å². The van der Waals surface area contributed by atoms with Crippen LogP contribution in [0.5, 0.6) is 0 Å². The zero-order chi connectivity index (χ0) is 12.4. The Morgan fingerprint density at radius 3 is 2.82 bits per heavy atom. The molecule has 2 aromatic heterocycles. The minimum Gasteiger partial charge on any atom is -0.481 e. The predicted octanol–water partition coefficient (Wildman–Crippen LogP) is 0.372. The number of aromatic nitrogens is 3. The number of carboxylic acid groups (broad SMARTS) is 2. The van der Waals surface area contributed by atoms with Gasteiger partial charge in [0.2, 0.25) is 0 Å². The lowest BCUT2D eigenvalue weighted by Crippen LogP contribution is -2.16. The van der Waals surface area contributed by atoms with Crippen molar-refractivity contribution in [2.45, 2.75) is 12.3 Å². The van der Waals surface area contributed by atoms with Gasteiger partial charge in [-0.2, -0.15) is 5.10 Å². The van der Waals surface area contributed by atoms with Gasteiger partial charge in [0.1, 0.15) is 0 Å². The van der Waals surface area contributed by atoms with Gasteiger partial charge < -0.3 is 10.2 Å². The second-order valence-corrected chi connectivity index (χ2v) is 3.51. The van der Waals surface area contributed by atoms with Gasteiger partial charge in [0, 0.05) is 24.0 Å². The molecular formula is C10H9N3O4. The summed E-state index contributed by atoms with van der Waals surface area (Å²) in [7, 11) is 0. The minimum atomic E-state index is -1.19. The molecule has 0 aliphatic carbocycles. The maximum absolute atomic E-state index is 11.0. The van der Waals surface area contributed by atoms with Crippen molar-refractivity contribution < 1.29 is 19.8 Å². The van der Waals surface area contributed by atoms with E-state index < -0.39 is 24.3 Å². The van der Waals surface area contributed by atoms with Crippen LogP contribution in [0.4, 0.5) is 0 Å². The lowest BCUT2D eigenvalue weighted by atomic mass is 9.99. The van der Waals surface area contributed by atoms with E-state index in [1.165, 1.54) is 23.1 Å². The van der Waals surface area contributed by atoms with E-state index in [4.69, 9.17) is 10.2 Å². The largest absolute Gasteiger partial charge is 0.481 e. The number of carboxylic acids is 2. The highest BCUT2D eigenvalue weighted by Crippen LogP contribution is 2.19. The maximum atomic E-state index is 11.0. The summed E-state index contributed by atoms with van der Waals surface area (Å²) < 4.78 is 1.41. The van der Waals surface area contributed by atoms with Crippen LogP contribution in [0.1, 0.15) is 17.9 Å². The lowest BCUT2D eigenvalue weighted by Gasteiger charge is -2.09. The van der Waals surface area contributed by atoms with E-state index in [-0.39, 0.29) is 0 Å². The van der Waals surface area contributed by atoms with Gasteiger partial charge in [-0.3, -0.25) is 9.59 Å². The van der Waals surface area contributed by atoms with Crippen LogP contribution in [0.25, 0.3) is 5.65 Å². The smallest absolute Gasteiger partial charge is 0.311 e. The van der Waals surface area contributed by atoms with Gasteiger partial charge in [-0.1, -0.05) is 0 Å². The van der Waals surface area contributed by atoms with Crippen LogP contribution < -0.4 is 0 Å². The topological polar surface area (TPSA) is 105 Å². The Morgan fingerprint density at radius 1 is 1.41 bits per heavy atom. The van der Waals surface area contributed by atoms with Crippen LogP contribution in [0.15, 0.2) is 24.7 Å². The lowest BCUT2D eigenvalue weighted by molar-refractivity contribution is -0.145. The summed E-state index contributed by atoms with van der Waals surface area (Å²) in [6, 6.07) is 1.66. The maximum Gasteiger partial charge on any atom is 0.311 e. The van der Waals surface area contributed by atoms with Crippen LogP contribution in [0.2, 0.25) is 0 Å². The molecule has 0 spiro atoms. The summed E-state index contributed by atoms with van der Waals surface area (Å²) in [5, 5.41) is 21.6. The molecule has 7 nitrogen and oxygen atoms in total. The van der Waals surface area contributed by atoms with Gasteiger partial charge in [-0.25, -0.2) is 9.50 Å². The quantitative estimate of drug-likeness (QED) is 0.793. The molecule has 17 heavy (non-hydrogen) atoms. The first-order valence-corrected chi connectivity index (χ1v) is 4.82. The molecule has 0 saturated carbocycles. The Hall–Kier alpha value is -2.44. The molecule has 0 fully saturated rings. The van der Waals surface area contributed by atoms with E-state index in [0.717, 1.165) is 0 Å². The number of carbonyl (C=O) groups is 2. The molecule has 2 aromatic rings. The standard InChI is InChI=1S/C10H9N3O4/c14-9(15)3-7(10(16)17)6-4-11-8-1-2-12-13(8)5-6/h1-2,4-5,7H,3H2,(H,14,15)(H,16,17). The van der Waals surface area contributed by atoms with Gasteiger partial charge in [0.25, 0.3) is 0 Å². The molecule has 7 heteroatoms. The Morgan fingerprint density at radius 2 is 2.18 bits per heavy atom. The number of aliphatic carboxylic acids is 2. The zero-order valence-electron chi connectivity index (χ0n) is 8.65. The summed E-state index contributed by atoms with van der Waals surface area (Å²) >= 11 is 0. The molecule has 0 aromatic carbocycles. The Bertz CT molecular complexity index is 578. The highest BCUT2D eigenvalue weighted by atomic mass is 16.4. The molecule has 2 rings (SSSR count). The number of nitrogens with zero attached hydrogens (tertiary/aromatic N) is 3. The highest BCUT2D eigenvalue weighted by molar-refractivity contribution is 5.82. The van der Waals surface area contributed by atoms with Crippen LogP contribution in [0.3, 0.4) is 0 Å². The summed E-state index contributed by atoms with van der Waals surface area (Å²) in [4.78, 5) is 25.6. The third-order valence-corrected chi connectivity index (χ3v) is 2.35. The molecule has 2 heterocycles. The van der Waals surface area contributed by atoms with Gasteiger partial charge in [0.05, 0.1) is 18.5 Å². The third kappa shape index (κ3) is 2.22. The van der Waals surface area contributed by atoms with Gasteiger partial charge in [-0.15, -0.1) is 0 Å². The fourth-order valence-electron chi connectivity index (χ4n) is 1.53. The highest BCUT2D eigenvalue weighted by Gasteiger charge is 2.24. The second kappa shape index (κ2) is 4.20. The van der Waals surface area contributed by atoms with Crippen molar-refractivity contribution in [3.63, 3.8) is 0 Å². The summed E-state index contributed by atoms with van der Waals surface area (Å²) in [5.41, 5.74) is 0.893. The summed E-state index contributed by atoms with van der Waals surface area (Å²) in [5.74, 6) is -3.48. The van der Waals surface area contributed by atoms with Crippen LogP contribution in [-0.2, 0) is 9.59 Å². The molecule has 0 amide bonds. The Balaban J connectivity index is 2.40. The number of rotatable bonds is 4. The van der Waals surface area contributed by atoms with E-state index in [0.29, 0.717) is 11.2 Å². The summed E-state index contributed by atoms with van der Waals surface area (Å²) in [6.45, 7) is 0. The SMILES string of the molecule is O=C(O)CC(C(=O)O)c1cnc2ccnn2c1. The fourth-order valence-corrected chi connectivity index (χ4v) is 1.53. The normalized spacial score (nSPS) is 12.5. The van der Waals surface area contributed by atoms with Crippen molar-refractivity contribution in [3.05, 3.63) is 30.2 Å². The molecule has 1 atom stereocenters. The first-order chi connectivity index (χ1) is 8.08. The van der Waals surface area contributed by atoms with Crippen LogP contribution in [0, 0.1) is 0 Å². The Labute approximate surface area is 95.3 Å². The molecule has 0 aliphatic heterocycles. The first kappa shape index (κ1) is 11.1. The molecule has 88 valence electrons.